The van der Waals surface area contributed by atoms with Crippen molar-refractivity contribution < 1.29 is 133 Å². The van der Waals surface area contributed by atoms with Gasteiger partial charge in [0.05, 0.1) is 44.6 Å². The molecule has 27 heteroatoms. The number of esters is 2. The summed E-state index contributed by atoms with van der Waals surface area (Å²) in [6.45, 7) is 15.1. The van der Waals surface area contributed by atoms with Gasteiger partial charge in [-0.25, -0.2) is 4.79 Å². The van der Waals surface area contributed by atoms with Crippen molar-refractivity contribution in [2.24, 2.45) is 50.2 Å². The van der Waals surface area contributed by atoms with Crippen LogP contribution in [-0.2, 0) is 61.7 Å². The molecule has 89 heavy (non-hydrogen) atoms. The van der Waals surface area contributed by atoms with Gasteiger partial charge in [-0.1, -0.05) is 73.5 Å². The average Bonchev–Trinajstić information content (AvgIpc) is 0.697. The van der Waals surface area contributed by atoms with Gasteiger partial charge in [0.2, 0.25) is 6.29 Å². The lowest BCUT2D eigenvalue weighted by atomic mass is 9.33. The predicted molar refractivity (Wildman–Crippen MR) is 302 cm³/mol. The Morgan fingerprint density at radius 1 is 0.562 bits per heavy atom. The van der Waals surface area contributed by atoms with Crippen LogP contribution < -0.4 is 0 Å². The molecule has 14 N–H and O–H groups in total. The number of carbonyl (C=O) groups is 2. The summed E-state index contributed by atoms with van der Waals surface area (Å²) in [5.41, 5.74) is -1.81. The van der Waals surface area contributed by atoms with Crippen LogP contribution in [-0.4, -0.2) is 264 Å². The summed E-state index contributed by atoms with van der Waals surface area (Å²) >= 11 is 0. The fourth-order valence-electron chi connectivity index (χ4n) is 17.8. The SMILES string of the molecule is CCCCOC(=O)[C@H]1O[C@@H](O[C@H]2CC[C@]3(C)[C@H]4CC=C5[C@@H]6CC(C)(C)CC[C@]6(C(=O)O[C@@H]6O[C@H](CO)[C@@H](O)[C@H](O)[C@H]6O[C@@H]6OC[C@@H](O)[C@H](O)[C@H]6O)CC[C@@]5(C)[C@]4(C)CC[C@H]3C2(C)C)[C@H](O[C@@H]2O[C@H](CO)[C@@H](O)[C@H](O)[C@H]2O)[C@@H](O)[C@@H]1O[C@@H]1OC[C@H](O)[C@H](O)[C@H]1O. The van der Waals surface area contributed by atoms with Gasteiger partial charge in [0.25, 0.3) is 0 Å². The lowest BCUT2D eigenvalue weighted by Gasteiger charge is -2.71. The summed E-state index contributed by atoms with van der Waals surface area (Å²) in [7, 11) is 0. The third-order valence-electron chi connectivity index (χ3n) is 23.5. The van der Waals surface area contributed by atoms with Crippen molar-refractivity contribution in [2.75, 3.05) is 33.0 Å². The minimum atomic E-state index is -1.97. The van der Waals surface area contributed by atoms with Gasteiger partial charge in [-0.05, 0) is 115 Å². The highest BCUT2D eigenvalue weighted by molar-refractivity contribution is 5.79. The molecular formula is C62H100O27. The van der Waals surface area contributed by atoms with E-state index in [4.69, 9.17) is 52.1 Å². The number of rotatable bonds is 16. The summed E-state index contributed by atoms with van der Waals surface area (Å²) in [4.78, 5) is 29.6. The van der Waals surface area contributed by atoms with Gasteiger partial charge in [0.1, 0.15) is 97.7 Å². The molecule has 10 aliphatic rings. The van der Waals surface area contributed by atoms with Crippen LogP contribution in [0.25, 0.3) is 0 Å². The molecule has 4 saturated carbocycles. The number of hydrogen-bond donors (Lipinski definition) is 14. The van der Waals surface area contributed by atoms with Gasteiger partial charge < -0.3 is 124 Å². The zero-order valence-electron chi connectivity index (χ0n) is 52.3. The van der Waals surface area contributed by atoms with Crippen molar-refractivity contribution in [2.45, 2.75) is 280 Å². The predicted octanol–water partition coefficient (Wildman–Crippen LogP) is -1.58. The van der Waals surface area contributed by atoms with Crippen molar-refractivity contribution in [3.8, 4) is 0 Å². The first kappa shape index (κ1) is 69.6. The Labute approximate surface area is 518 Å². The van der Waals surface area contributed by atoms with Crippen molar-refractivity contribution in [3.05, 3.63) is 11.6 Å². The van der Waals surface area contributed by atoms with E-state index in [1.54, 1.807) is 0 Å². The molecule has 510 valence electrons. The molecule has 31 atom stereocenters. The van der Waals surface area contributed by atoms with Crippen molar-refractivity contribution >= 4 is 11.9 Å². The topological polar surface area (TPSA) is 419 Å². The Morgan fingerprint density at radius 2 is 1.12 bits per heavy atom. The molecule has 5 saturated heterocycles. The second-order valence-electron chi connectivity index (χ2n) is 29.4. The summed E-state index contributed by atoms with van der Waals surface area (Å²) < 4.78 is 66.6. The molecule has 5 aliphatic carbocycles. The normalized spacial score (nSPS) is 51.3. The van der Waals surface area contributed by atoms with E-state index < -0.39 is 202 Å². The summed E-state index contributed by atoms with van der Waals surface area (Å²) in [6.07, 6.45) is -30.5. The largest absolute Gasteiger partial charge is 0.464 e. The number of fused-ring (bicyclic) bond motifs is 7. The van der Waals surface area contributed by atoms with E-state index in [0.717, 1.165) is 12.8 Å². The first-order valence-corrected chi connectivity index (χ1v) is 32.1. The molecule has 0 aromatic carbocycles. The minimum Gasteiger partial charge on any atom is -0.464 e. The zero-order valence-corrected chi connectivity index (χ0v) is 52.3. The average molecular weight is 1280 g/mol. The van der Waals surface area contributed by atoms with Crippen LogP contribution in [0.5, 0.6) is 0 Å². The number of aliphatic hydroxyl groups is 14. The van der Waals surface area contributed by atoms with E-state index in [1.807, 2.05) is 6.92 Å². The molecule has 0 amide bonds. The number of ether oxygens (including phenoxy) is 11. The third-order valence-corrected chi connectivity index (χ3v) is 23.5. The molecule has 0 bridgehead atoms. The smallest absolute Gasteiger partial charge is 0.338 e. The van der Waals surface area contributed by atoms with Crippen molar-refractivity contribution in [3.63, 3.8) is 0 Å². The molecule has 0 aromatic heterocycles. The highest BCUT2D eigenvalue weighted by atomic mass is 16.8. The monoisotopic (exact) mass is 1280 g/mol. The van der Waals surface area contributed by atoms with E-state index in [1.165, 1.54) is 5.57 Å². The maximum atomic E-state index is 15.4. The maximum absolute atomic E-state index is 15.4. The molecule has 0 unspecified atom stereocenters. The van der Waals surface area contributed by atoms with Gasteiger partial charge in [-0.3, -0.25) is 4.79 Å². The second kappa shape index (κ2) is 26.4. The van der Waals surface area contributed by atoms with Crippen LogP contribution in [0.1, 0.15) is 132 Å². The Balaban J connectivity index is 0.923. The van der Waals surface area contributed by atoms with Crippen LogP contribution in [0.15, 0.2) is 11.6 Å². The van der Waals surface area contributed by atoms with Gasteiger partial charge in [-0.15, -0.1) is 0 Å². The molecule has 0 spiro atoms. The van der Waals surface area contributed by atoms with Crippen molar-refractivity contribution in [1.82, 2.24) is 0 Å². The van der Waals surface area contributed by atoms with E-state index in [2.05, 4.69) is 54.5 Å². The molecule has 5 heterocycles. The fraction of sp³-hybridized carbons (Fsp3) is 0.935. The van der Waals surface area contributed by atoms with E-state index in [0.29, 0.717) is 64.2 Å². The van der Waals surface area contributed by atoms with E-state index >= 15 is 4.79 Å². The van der Waals surface area contributed by atoms with Gasteiger partial charge in [0.15, 0.2) is 37.4 Å². The lowest BCUT2D eigenvalue weighted by Crippen LogP contribution is -2.68. The zero-order chi connectivity index (χ0) is 64.8. The first-order chi connectivity index (χ1) is 41.8. The summed E-state index contributed by atoms with van der Waals surface area (Å²) in [5, 5.41) is 151. The van der Waals surface area contributed by atoms with Crippen LogP contribution in [0.3, 0.4) is 0 Å². The fourth-order valence-corrected chi connectivity index (χ4v) is 17.8. The van der Waals surface area contributed by atoms with E-state index in [9.17, 15) is 76.3 Å². The van der Waals surface area contributed by atoms with Crippen LogP contribution in [0, 0.1) is 50.2 Å². The molecule has 9 fully saturated rings. The standard InChI is InChI=1S/C62H100O27/c1-9-10-21-79-50(77)49-46(85-51-42(73)36(67)29(65)25-80-51)45(76)48(87-53-44(75)40(71)38(69)31(23-63)82-53)55(88-49)84-35-14-15-59(6)33(58(35,4)5)13-16-61(8)34(59)12-11-27-28-22-57(2,3)17-19-62(28,20-18-60(27,61)7)56(78)89-54-47(41(72)39(70)32(24-64)83-54)86-52-43(74)37(68)30(66)26-81-52/h11,28-49,51-55,63-76H,9-10,12-26H2,1-8H3/t28-,29-,30+,31+,32+,33-,34+,35-,36-,37-,38+,39+,40-,41-,42+,43+,44+,45-,46-,47+,48+,49-,51-,52-,53-,54-,55+,59-,60+,61+,62-/m0/s1. The van der Waals surface area contributed by atoms with E-state index in [-0.39, 0.29) is 40.6 Å². The Hall–Kier alpha value is -2.24. The van der Waals surface area contributed by atoms with Crippen molar-refractivity contribution in [1.29, 1.82) is 0 Å². The summed E-state index contributed by atoms with van der Waals surface area (Å²) in [6, 6.07) is 0. The molecule has 5 aliphatic heterocycles. The Kier molecular flexibility index (Phi) is 20.6. The van der Waals surface area contributed by atoms with Crippen LogP contribution >= 0.6 is 0 Å². The molecular weight excluding hydrogens is 1180 g/mol. The number of aliphatic hydroxyl groups excluding tert-OH is 14. The van der Waals surface area contributed by atoms with Gasteiger partial charge in [0, 0.05) is 0 Å². The highest BCUT2D eigenvalue weighted by Gasteiger charge is 2.71. The minimum absolute atomic E-state index is 0.0108. The van der Waals surface area contributed by atoms with Gasteiger partial charge in [-0.2, -0.15) is 0 Å². The quantitative estimate of drug-likeness (QED) is 0.0359. The molecule has 10 rings (SSSR count). The molecule has 0 aromatic rings. The number of carbonyl (C=O) groups excluding carboxylic acids is 2. The molecule has 0 radical (unpaired) electrons. The number of unbranched alkanes of at least 4 members (excludes halogenated alkanes) is 1. The highest BCUT2D eigenvalue weighted by Crippen LogP contribution is 2.76. The third kappa shape index (κ3) is 12.2. The summed E-state index contributed by atoms with van der Waals surface area (Å²) in [5.74, 6) is -1.77. The maximum Gasteiger partial charge on any atom is 0.338 e. The first-order valence-electron chi connectivity index (χ1n) is 32.1. The lowest BCUT2D eigenvalue weighted by molar-refractivity contribution is -0.388. The Bertz CT molecular complexity index is 2490. The number of allylic oxidation sites excluding steroid dienone is 2. The number of hydrogen-bond acceptors (Lipinski definition) is 27. The van der Waals surface area contributed by atoms with Crippen LogP contribution in [0.2, 0.25) is 0 Å². The second-order valence-corrected chi connectivity index (χ2v) is 29.4. The van der Waals surface area contributed by atoms with Crippen LogP contribution in [0.4, 0.5) is 0 Å². The Morgan fingerprint density at radius 3 is 1.74 bits per heavy atom. The van der Waals surface area contributed by atoms with Gasteiger partial charge >= 0.3 is 11.9 Å². The molecule has 27 nitrogen and oxygen atoms in total.